The van der Waals surface area contributed by atoms with Crippen molar-refractivity contribution in [2.24, 2.45) is 5.92 Å². The second kappa shape index (κ2) is 5.97. The van der Waals surface area contributed by atoms with Gasteiger partial charge in [0.2, 0.25) is 0 Å². The van der Waals surface area contributed by atoms with Crippen molar-refractivity contribution < 1.29 is 5.11 Å². The summed E-state index contributed by atoms with van der Waals surface area (Å²) >= 11 is 0. The zero-order valence-electron chi connectivity index (χ0n) is 12.3. The van der Waals surface area contributed by atoms with Crippen molar-refractivity contribution in [3.8, 4) is 0 Å². The van der Waals surface area contributed by atoms with Gasteiger partial charge in [-0.3, -0.25) is 0 Å². The number of hydrogen-bond acceptors (Lipinski definition) is 1. The van der Waals surface area contributed by atoms with E-state index in [1.54, 1.807) is 0 Å². The molecule has 1 fully saturated rings. The van der Waals surface area contributed by atoms with Crippen molar-refractivity contribution in [3.05, 3.63) is 47.5 Å². The van der Waals surface area contributed by atoms with E-state index in [4.69, 9.17) is 0 Å². The first-order valence-corrected chi connectivity index (χ1v) is 7.92. The van der Waals surface area contributed by atoms with E-state index in [9.17, 15) is 5.11 Å². The Balaban J connectivity index is 1.80. The normalized spacial score (nSPS) is 17.7. The molecule has 0 spiro atoms. The summed E-state index contributed by atoms with van der Waals surface area (Å²) in [4.78, 5) is 0. The highest BCUT2D eigenvalue weighted by Crippen LogP contribution is 2.33. The van der Waals surface area contributed by atoms with Gasteiger partial charge in [0.15, 0.2) is 0 Å². The van der Waals surface area contributed by atoms with Crippen LogP contribution in [0.3, 0.4) is 0 Å². The zero-order valence-corrected chi connectivity index (χ0v) is 12.3. The molecule has 0 saturated heterocycles. The molecule has 1 unspecified atom stereocenters. The predicted molar refractivity (Wildman–Crippen MR) is 84.8 cm³/mol. The first-order chi connectivity index (χ1) is 9.75. The van der Waals surface area contributed by atoms with Crippen molar-refractivity contribution in [1.82, 2.24) is 0 Å². The fourth-order valence-electron chi connectivity index (χ4n) is 3.61. The van der Waals surface area contributed by atoms with Gasteiger partial charge in [-0.25, -0.2) is 0 Å². The van der Waals surface area contributed by atoms with Gasteiger partial charge in [0.05, 0.1) is 6.10 Å². The minimum absolute atomic E-state index is 0.318. The molecule has 0 radical (unpaired) electrons. The van der Waals surface area contributed by atoms with Crippen molar-refractivity contribution in [2.75, 3.05) is 0 Å². The summed E-state index contributed by atoms with van der Waals surface area (Å²) in [6.07, 6.45) is 7.24. The van der Waals surface area contributed by atoms with Gasteiger partial charge >= 0.3 is 0 Å². The van der Waals surface area contributed by atoms with Gasteiger partial charge in [-0.2, -0.15) is 0 Å². The Morgan fingerprint density at radius 3 is 2.50 bits per heavy atom. The van der Waals surface area contributed by atoms with Crippen LogP contribution < -0.4 is 0 Å². The maximum Gasteiger partial charge on any atom is 0.0796 e. The van der Waals surface area contributed by atoms with E-state index in [0.29, 0.717) is 0 Å². The van der Waals surface area contributed by atoms with Crippen LogP contribution in [0.15, 0.2) is 36.4 Å². The molecule has 0 amide bonds. The molecule has 3 rings (SSSR count). The molecule has 2 aromatic rings. The molecule has 0 bridgehead atoms. The van der Waals surface area contributed by atoms with Gasteiger partial charge < -0.3 is 5.11 Å². The van der Waals surface area contributed by atoms with Crippen molar-refractivity contribution in [2.45, 2.75) is 51.6 Å². The Kier molecular flexibility index (Phi) is 4.07. The largest absolute Gasteiger partial charge is 0.388 e. The van der Waals surface area contributed by atoms with Crippen LogP contribution in [0.4, 0.5) is 0 Å². The van der Waals surface area contributed by atoms with E-state index in [1.807, 2.05) is 0 Å². The predicted octanol–water partition coefficient (Wildman–Crippen LogP) is 5.15. The molecule has 1 atom stereocenters. The van der Waals surface area contributed by atoms with Crippen LogP contribution in [0.5, 0.6) is 0 Å². The first-order valence-electron chi connectivity index (χ1n) is 7.92. The lowest BCUT2D eigenvalue weighted by atomic mass is 9.92. The number of aryl methyl sites for hydroxylation is 1. The molecule has 1 heteroatoms. The molecule has 106 valence electrons. The lowest BCUT2D eigenvalue weighted by Crippen LogP contribution is -2.02. The smallest absolute Gasteiger partial charge is 0.0796 e. The average Bonchev–Trinajstić information content (AvgIpc) is 2.99. The topological polar surface area (TPSA) is 20.2 Å². The summed E-state index contributed by atoms with van der Waals surface area (Å²) in [5.74, 6) is 0.848. The summed E-state index contributed by atoms with van der Waals surface area (Å²) < 4.78 is 0. The fourth-order valence-corrected chi connectivity index (χ4v) is 3.61. The molecule has 0 aliphatic heterocycles. The Morgan fingerprint density at radius 1 is 1.05 bits per heavy atom. The van der Waals surface area contributed by atoms with Gasteiger partial charge in [-0.05, 0) is 47.6 Å². The molecule has 2 aromatic carbocycles. The molecule has 1 N–H and O–H groups in total. The van der Waals surface area contributed by atoms with Crippen LogP contribution in [0.1, 0.15) is 55.8 Å². The lowest BCUT2D eigenvalue weighted by Gasteiger charge is -2.17. The Morgan fingerprint density at radius 2 is 1.75 bits per heavy atom. The van der Waals surface area contributed by atoms with Crippen LogP contribution in [-0.2, 0) is 0 Å². The van der Waals surface area contributed by atoms with Gasteiger partial charge in [0, 0.05) is 0 Å². The Labute approximate surface area is 121 Å². The molecule has 1 nitrogen and oxygen atoms in total. The second-order valence-corrected chi connectivity index (χ2v) is 6.26. The number of aliphatic hydroxyl groups excluding tert-OH is 1. The van der Waals surface area contributed by atoms with Gasteiger partial charge in [0.25, 0.3) is 0 Å². The fraction of sp³-hybridized carbons (Fsp3) is 0.474. The maximum atomic E-state index is 10.6. The summed E-state index contributed by atoms with van der Waals surface area (Å²) in [5, 5.41) is 13.1. The molecule has 20 heavy (non-hydrogen) atoms. The minimum Gasteiger partial charge on any atom is -0.388 e. The monoisotopic (exact) mass is 268 g/mol. The first kappa shape index (κ1) is 13.6. The Hall–Kier alpha value is -1.34. The van der Waals surface area contributed by atoms with Crippen molar-refractivity contribution in [1.29, 1.82) is 0 Å². The van der Waals surface area contributed by atoms with Gasteiger partial charge in [0.1, 0.15) is 0 Å². The van der Waals surface area contributed by atoms with Crippen molar-refractivity contribution in [3.63, 3.8) is 0 Å². The average molecular weight is 268 g/mol. The molecular weight excluding hydrogens is 244 g/mol. The molecule has 0 heterocycles. The Bertz CT molecular complexity index is 581. The quantitative estimate of drug-likeness (QED) is 0.812. The molecule has 1 aliphatic carbocycles. The third-order valence-corrected chi connectivity index (χ3v) is 4.86. The minimum atomic E-state index is -0.318. The zero-order chi connectivity index (χ0) is 13.9. The second-order valence-electron chi connectivity index (χ2n) is 6.26. The van der Waals surface area contributed by atoms with E-state index in [2.05, 4.69) is 43.3 Å². The highest BCUT2D eigenvalue weighted by molar-refractivity contribution is 5.88. The molecular formula is C19H24O. The molecule has 1 saturated carbocycles. The van der Waals surface area contributed by atoms with E-state index in [0.717, 1.165) is 17.9 Å². The number of rotatable bonds is 4. The van der Waals surface area contributed by atoms with Crippen LogP contribution in [0, 0.1) is 12.8 Å². The van der Waals surface area contributed by atoms with Crippen LogP contribution >= 0.6 is 0 Å². The van der Waals surface area contributed by atoms with Crippen LogP contribution in [-0.4, -0.2) is 5.11 Å². The van der Waals surface area contributed by atoms with Crippen molar-refractivity contribution >= 4 is 10.8 Å². The SMILES string of the molecule is Cc1ccc(C(O)CCC2CCCC2)c2ccccc12. The maximum absolute atomic E-state index is 10.6. The number of fused-ring (bicyclic) bond motifs is 1. The summed E-state index contributed by atoms with van der Waals surface area (Å²) in [5.41, 5.74) is 2.39. The van der Waals surface area contributed by atoms with E-state index >= 15 is 0 Å². The number of hydrogen-bond donors (Lipinski definition) is 1. The van der Waals surface area contributed by atoms with E-state index in [1.165, 1.54) is 48.4 Å². The summed E-state index contributed by atoms with van der Waals surface area (Å²) in [6.45, 7) is 2.14. The lowest BCUT2D eigenvalue weighted by molar-refractivity contribution is 0.158. The van der Waals surface area contributed by atoms with Crippen LogP contribution in [0.25, 0.3) is 10.8 Å². The highest BCUT2D eigenvalue weighted by atomic mass is 16.3. The molecule has 0 aromatic heterocycles. The van der Waals surface area contributed by atoms with E-state index in [-0.39, 0.29) is 6.10 Å². The number of aliphatic hydroxyl groups is 1. The highest BCUT2D eigenvalue weighted by Gasteiger charge is 2.18. The third-order valence-electron chi connectivity index (χ3n) is 4.86. The third kappa shape index (κ3) is 2.73. The van der Waals surface area contributed by atoms with Gasteiger partial charge in [-0.1, -0.05) is 62.1 Å². The summed E-state index contributed by atoms with van der Waals surface area (Å²) in [7, 11) is 0. The molecule has 1 aliphatic rings. The van der Waals surface area contributed by atoms with Gasteiger partial charge in [-0.15, -0.1) is 0 Å². The van der Waals surface area contributed by atoms with Crippen LogP contribution in [0.2, 0.25) is 0 Å². The summed E-state index contributed by atoms with van der Waals surface area (Å²) in [6, 6.07) is 12.7. The van der Waals surface area contributed by atoms with E-state index < -0.39 is 0 Å². The standard InChI is InChI=1S/C19H24O/c1-14-10-12-18(17-9-5-4-8-16(14)17)19(20)13-11-15-6-2-3-7-15/h4-5,8-10,12,15,19-20H,2-3,6-7,11,13H2,1H3. The number of benzene rings is 2.